The van der Waals surface area contributed by atoms with Crippen LogP contribution in [0.15, 0.2) is 12.1 Å². The summed E-state index contributed by atoms with van der Waals surface area (Å²) < 4.78 is 4.91. The molecule has 62 valence electrons. The van der Waals surface area contributed by atoms with Crippen molar-refractivity contribution in [1.29, 1.82) is 5.26 Å². The van der Waals surface area contributed by atoms with Crippen LogP contribution >= 0.6 is 0 Å². The third-order valence-electron chi connectivity index (χ3n) is 1.54. The van der Waals surface area contributed by atoms with E-state index in [1.165, 1.54) is 7.11 Å². The highest BCUT2D eigenvalue weighted by molar-refractivity contribution is 5.72. The summed E-state index contributed by atoms with van der Waals surface area (Å²) in [5.41, 5.74) is 12.0. The van der Waals surface area contributed by atoms with Gasteiger partial charge in [-0.2, -0.15) is 5.26 Å². The number of nitrogens with two attached hydrogens (primary N) is 2. The summed E-state index contributed by atoms with van der Waals surface area (Å²) in [7, 11) is 1.51. The minimum atomic E-state index is 0.304. The van der Waals surface area contributed by atoms with Crippen LogP contribution < -0.4 is 16.2 Å². The molecule has 0 aliphatic carbocycles. The van der Waals surface area contributed by atoms with Crippen LogP contribution in [-0.2, 0) is 0 Å². The second kappa shape index (κ2) is 3.01. The fraction of sp³-hybridized carbons (Fsp3) is 0.125. The van der Waals surface area contributed by atoms with Crippen LogP contribution in [0.5, 0.6) is 5.75 Å². The lowest BCUT2D eigenvalue weighted by Crippen LogP contribution is -1.98. The van der Waals surface area contributed by atoms with Crippen LogP contribution in [0, 0.1) is 11.3 Å². The average molecular weight is 163 g/mol. The van der Waals surface area contributed by atoms with Gasteiger partial charge in [0.25, 0.3) is 0 Å². The van der Waals surface area contributed by atoms with E-state index >= 15 is 0 Å². The topological polar surface area (TPSA) is 85.1 Å². The van der Waals surface area contributed by atoms with Crippen molar-refractivity contribution in [3.8, 4) is 11.8 Å². The van der Waals surface area contributed by atoms with Gasteiger partial charge in [-0.05, 0) is 0 Å². The normalized spacial score (nSPS) is 9.00. The first-order valence-electron chi connectivity index (χ1n) is 3.32. The van der Waals surface area contributed by atoms with Gasteiger partial charge in [0, 0.05) is 12.1 Å². The van der Waals surface area contributed by atoms with Crippen molar-refractivity contribution >= 4 is 11.4 Å². The number of ether oxygens (including phenoxy) is 1. The number of nitriles is 1. The number of methoxy groups -OCH3 is 1. The molecule has 0 amide bonds. The Balaban J connectivity index is 3.31. The van der Waals surface area contributed by atoms with E-state index in [-0.39, 0.29) is 0 Å². The van der Waals surface area contributed by atoms with Gasteiger partial charge in [-0.1, -0.05) is 0 Å². The number of nitrogen functional groups attached to an aromatic ring is 2. The van der Waals surface area contributed by atoms with E-state index in [4.69, 9.17) is 21.5 Å². The van der Waals surface area contributed by atoms with E-state index in [9.17, 15) is 0 Å². The molecule has 0 fully saturated rings. The van der Waals surface area contributed by atoms with E-state index in [0.717, 1.165) is 0 Å². The molecule has 0 saturated heterocycles. The first-order chi connectivity index (χ1) is 5.69. The molecule has 0 aliphatic heterocycles. The lowest BCUT2D eigenvalue weighted by Gasteiger charge is -2.05. The lowest BCUT2D eigenvalue weighted by molar-refractivity contribution is 0.415. The van der Waals surface area contributed by atoms with Crippen molar-refractivity contribution in [3.05, 3.63) is 17.7 Å². The largest absolute Gasteiger partial charge is 0.497 e. The number of anilines is 2. The average Bonchev–Trinajstić information content (AvgIpc) is 2.09. The van der Waals surface area contributed by atoms with E-state index in [2.05, 4.69) is 0 Å². The van der Waals surface area contributed by atoms with Crippen LogP contribution in [0.25, 0.3) is 0 Å². The highest BCUT2D eigenvalue weighted by atomic mass is 16.5. The molecule has 4 nitrogen and oxygen atoms in total. The third-order valence-corrected chi connectivity index (χ3v) is 1.54. The van der Waals surface area contributed by atoms with Crippen molar-refractivity contribution in [2.24, 2.45) is 0 Å². The Morgan fingerprint density at radius 1 is 1.42 bits per heavy atom. The van der Waals surface area contributed by atoms with Gasteiger partial charge in [-0.3, -0.25) is 0 Å². The van der Waals surface area contributed by atoms with E-state index in [0.29, 0.717) is 22.7 Å². The Labute approximate surface area is 70.3 Å². The summed E-state index contributed by atoms with van der Waals surface area (Å²) in [6, 6.07) is 5.05. The third kappa shape index (κ3) is 1.25. The lowest BCUT2D eigenvalue weighted by atomic mass is 10.1. The zero-order valence-corrected chi connectivity index (χ0v) is 6.66. The SMILES string of the molecule is COc1cc(N)c(N)c(C#N)c1. The molecule has 0 bridgehead atoms. The second-order valence-electron chi connectivity index (χ2n) is 2.29. The predicted octanol–water partition coefficient (Wildman–Crippen LogP) is 0.731. The molecule has 0 radical (unpaired) electrons. The maximum absolute atomic E-state index is 8.62. The standard InChI is InChI=1S/C8H9N3O/c1-12-6-2-5(4-9)8(11)7(10)3-6/h2-3H,10-11H2,1H3. The van der Waals surface area contributed by atoms with E-state index in [1.807, 2.05) is 6.07 Å². The van der Waals surface area contributed by atoms with Gasteiger partial charge in [-0.25, -0.2) is 0 Å². The summed E-state index contributed by atoms with van der Waals surface area (Å²) in [6.45, 7) is 0. The van der Waals surface area contributed by atoms with Crippen molar-refractivity contribution in [2.75, 3.05) is 18.6 Å². The van der Waals surface area contributed by atoms with Gasteiger partial charge in [0.2, 0.25) is 0 Å². The number of rotatable bonds is 1. The highest BCUT2D eigenvalue weighted by Gasteiger charge is 2.04. The molecule has 0 heterocycles. The van der Waals surface area contributed by atoms with Crippen molar-refractivity contribution < 1.29 is 4.74 Å². The molecule has 0 saturated carbocycles. The highest BCUT2D eigenvalue weighted by Crippen LogP contribution is 2.25. The van der Waals surface area contributed by atoms with Crippen LogP contribution in [-0.4, -0.2) is 7.11 Å². The Hall–Kier alpha value is -1.89. The van der Waals surface area contributed by atoms with Crippen LogP contribution in [0.3, 0.4) is 0 Å². The maximum Gasteiger partial charge on any atom is 0.122 e. The van der Waals surface area contributed by atoms with Gasteiger partial charge < -0.3 is 16.2 Å². The number of benzene rings is 1. The number of hydrogen-bond donors (Lipinski definition) is 2. The van der Waals surface area contributed by atoms with E-state index < -0.39 is 0 Å². The molecule has 1 aromatic carbocycles. The summed E-state index contributed by atoms with van der Waals surface area (Å²) in [4.78, 5) is 0. The smallest absolute Gasteiger partial charge is 0.122 e. The molecular formula is C8H9N3O. The minimum absolute atomic E-state index is 0.304. The second-order valence-corrected chi connectivity index (χ2v) is 2.29. The van der Waals surface area contributed by atoms with Gasteiger partial charge in [0.05, 0.1) is 24.0 Å². The predicted molar refractivity (Wildman–Crippen MR) is 46.5 cm³/mol. The van der Waals surface area contributed by atoms with Gasteiger partial charge >= 0.3 is 0 Å². The molecule has 4 N–H and O–H groups in total. The molecule has 0 aliphatic rings. The molecule has 1 rings (SSSR count). The van der Waals surface area contributed by atoms with Crippen LogP contribution in [0.4, 0.5) is 11.4 Å². The number of hydrogen-bond acceptors (Lipinski definition) is 4. The quantitative estimate of drug-likeness (QED) is 0.597. The summed E-state index contributed by atoms with van der Waals surface area (Å²) in [5.74, 6) is 0.540. The Kier molecular flexibility index (Phi) is 2.06. The fourth-order valence-corrected chi connectivity index (χ4v) is 0.859. The van der Waals surface area contributed by atoms with Crippen LogP contribution in [0.1, 0.15) is 5.56 Å². The van der Waals surface area contributed by atoms with Crippen molar-refractivity contribution in [1.82, 2.24) is 0 Å². The van der Waals surface area contributed by atoms with E-state index in [1.54, 1.807) is 12.1 Å². The Bertz CT molecular complexity index is 341. The molecular weight excluding hydrogens is 154 g/mol. The van der Waals surface area contributed by atoms with Crippen molar-refractivity contribution in [3.63, 3.8) is 0 Å². The Morgan fingerprint density at radius 3 is 2.58 bits per heavy atom. The summed E-state index contributed by atoms with van der Waals surface area (Å²) in [5, 5.41) is 8.62. The van der Waals surface area contributed by atoms with Gasteiger partial charge in [0.15, 0.2) is 0 Å². The molecule has 1 aromatic rings. The molecule has 0 atom stereocenters. The fourth-order valence-electron chi connectivity index (χ4n) is 0.859. The summed E-state index contributed by atoms with van der Waals surface area (Å²) in [6.07, 6.45) is 0. The first-order valence-corrected chi connectivity index (χ1v) is 3.32. The van der Waals surface area contributed by atoms with Gasteiger partial charge in [-0.15, -0.1) is 0 Å². The van der Waals surface area contributed by atoms with Gasteiger partial charge in [0.1, 0.15) is 11.8 Å². The monoisotopic (exact) mass is 163 g/mol. The molecule has 0 unspecified atom stereocenters. The summed E-state index contributed by atoms with van der Waals surface area (Å²) >= 11 is 0. The Morgan fingerprint density at radius 2 is 2.08 bits per heavy atom. The molecule has 0 spiro atoms. The first kappa shape index (κ1) is 8.21. The zero-order chi connectivity index (χ0) is 9.14. The number of nitrogens with zero attached hydrogens (tertiary/aromatic N) is 1. The molecule has 4 heteroatoms. The molecule has 0 aromatic heterocycles. The zero-order valence-electron chi connectivity index (χ0n) is 6.66. The minimum Gasteiger partial charge on any atom is -0.497 e. The van der Waals surface area contributed by atoms with Crippen LogP contribution in [0.2, 0.25) is 0 Å². The molecule has 12 heavy (non-hydrogen) atoms. The van der Waals surface area contributed by atoms with Crippen molar-refractivity contribution in [2.45, 2.75) is 0 Å². The maximum atomic E-state index is 8.62.